The summed E-state index contributed by atoms with van der Waals surface area (Å²) in [6.07, 6.45) is 15.3. The van der Waals surface area contributed by atoms with Crippen LogP contribution in [0.4, 0.5) is 0 Å². The molecule has 1 aliphatic heterocycles. The molecule has 2 atom stereocenters. The molecule has 2 fully saturated rings. The molecule has 3 aliphatic carbocycles. The third-order valence-electron chi connectivity index (χ3n) is 5.19. The van der Waals surface area contributed by atoms with Crippen molar-refractivity contribution in [1.82, 2.24) is 0 Å². The van der Waals surface area contributed by atoms with Gasteiger partial charge in [0.25, 0.3) is 0 Å². The van der Waals surface area contributed by atoms with E-state index in [0.29, 0.717) is 23.0 Å². The Morgan fingerprint density at radius 1 is 1.00 bits per heavy atom. The van der Waals surface area contributed by atoms with E-state index in [9.17, 15) is 9.59 Å². The first-order valence-electron chi connectivity index (χ1n) is 8.89. The highest BCUT2D eigenvalue weighted by Gasteiger charge is 2.50. The molecule has 4 aliphatic rings. The van der Waals surface area contributed by atoms with Crippen molar-refractivity contribution in [2.45, 2.75) is 71.1 Å². The molecule has 0 N–H and O–H groups in total. The molecule has 22 heavy (non-hydrogen) atoms. The Balaban J connectivity index is 0.000000134. The van der Waals surface area contributed by atoms with Crippen molar-refractivity contribution in [3.05, 3.63) is 22.8 Å². The number of carbonyl (C=O) groups excluding carboxylic acids is 2. The van der Waals surface area contributed by atoms with Gasteiger partial charge in [0, 0.05) is 0 Å². The van der Waals surface area contributed by atoms with Crippen LogP contribution in [0.5, 0.6) is 0 Å². The third kappa shape index (κ3) is 3.34. The molecule has 1 heterocycles. The Bertz CT molecular complexity index is 491. The van der Waals surface area contributed by atoms with Crippen LogP contribution >= 0.6 is 0 Å². The van der Waals surface area contributed by atoms with Gasteiger partial charge >= 0.3 is 11.9 Å². The number of carbonyl (C=O) groups is 2. The van der Waals surface area contributed by atoms with Crippen LogP contribution in [0.25, 0.3) is 0 Å². The number of unbranched alkanes of at least 4 members (excludes halogenated alkanes) is 4. The van der Waals surface area contributed by atoms with E-state index in [-0.39, 0.29) is 11.9 Å². The highest BCUT2D eigenvalue weighted by molar-refractivity contribution is 6.13. The second-order valence-electron chi connectivity index (χ2n) is 6.92. The van der Waals surface area contributed by atoms with E-state index in [0.717, 1.165) is 19.3 Å². The predicted octanol–water partition coefficient (Wildman–Crippen LogP) is 4.47. The molecule has 0 aromatic heterocycles. The quantitative estimate of drug-likeness (QED) is 0.325. The molecule has 0 spiro atoms. The molecule has 120 valence electrons. The van der Waals surface area contributed by atoms with Crippen molar-refractivity contribution >= 4 is 11.9 Å². The Morgan fingerprint density at radius 2 is 1.64 bits per heavy atom. The number of fused-ring (bicyclic) bond motifs is 4. The summed E-state index contributed by atoms with van der Waals surface area (Å²) in [7, 11) is 0. The highest BCUT2D eigenvalue weighted by atomic mass is 16.6. The molecule has 0 aromatic carbocycles. The fourth-order valence-electron chi connectivity index (χ4n) is 3.85. The molecule has 2 saturated carbocycles. The lowest BCUT2D eigenvalue weighted by Gasteiger charge is -2.06. The minimum absolute atomic E-state index is 0.337. The van der Waals surface area contributed by atoms with Gasteiger partial charge in [-0.1, -0.05) is 37.8 Å². The van der Waals surface area contributed by atoms with Crippen LogP contribution in [-0.4, -0.2) is 11.9 Å². The van der Waals surface area contributed by atoms with Crippen LogP contribution in [0.2, 0.25) is 0 Å². The maximum Gasteiger partial charge on any atom is 0.342 e. The normalized spacial score (nSPS) is 27.6. The Kier molecular flexibility index (Phi) is 4.80. The van der Waals surface area contributed by atoms with Crippen molar-refractivity contribution in [2.24, 2.45) is 11.8 Å². The summed E-state index contributed by atoms with van der Waals surface area (Å²) >= 11 is 0. The summed E-state index contributed by atoms with van der Waals surface area (Å²) in [4.78, 5) is 22.3. The Morgan fingerprint density at radius 3 is 2.18 bits per heavy atom. The zero-order valence-corrected chi connectivity index (χ0v) is 13.5. The SMILES string of the molecule is CCCCCCC=C1CC1.O=C1OC(=O)C2=C1C1CCC2C1. The second kappa shape index (κ2) is 6.80. The van der Waals surface area contributed by atoms with Crippen molar-refractivity contribution < 1.29 is 14.3 Å². The van der Waals surface area contributed by atoms with Gasteiger partial charge in [-0.25, -0.2) is 9.59 Å². The molecule has 3 nitrogen and oxygen atoms in total. The van der Waals surface area contributed by atoms with Gasteiger partial charge in [-0.3, -0.25) is 0 Å². The van der Waals surface area contributed by atoms with Crippen LogP contribution in [0, 0.1) is 11.8 Å². The summed E-state index contributed by atoms with van der Waals surface area (Å²) in [5.41, 5.74) is 3.11. The summed E-state index contributed by atoms with van der Waals surface area (Å²) in [6, 6.07) is 0. The van der Waals surface area contributed by atoms with Gasteiger partial charge in [-0.05, 0) is 56.8 Å². The van der Waals surface area contributed by atoms with Gasteiger partial charge in [0.05, 0.1) is 11.1 Å². The monoisotopic (exact) mass is 302 g/mol. The first kappa shape index (κ1) is 15.5. The van der Waals surface area contributed by atoms with Crippen LogP contribution in [0.15, 0.2) is 22.8 Å². The van der Waals surface area contributed by atoms with Gasteiger partial charge in [0.2, 0.25) is 0 Å². The zero-order chi connectivity index (χ0) is 15.5. The molecule has 0 saturated heterocycles. The van der Waals surface area contributed by atoms with Gasteiger partial charge in [0.15, 0.2) is 0 Å². The van der Waals surface area contributed by atoms with Gasteiger partial charge in [0.1, 0.15) is 0 Å². The number of hydrogen-bond donors (Lipinski definition) is 0. The maximum atomic E-state index is 11.2. The van der Waals surface area contributed by atoms with Gasteiger partial charge in [-0.2, -0.15) is 0 Å². The molecule has 0 aromatic rings. The fraction of sp³-hybridized carbons (Fsp3) is 0.684. The minimum atomic E-state index is -0.373. The second-order valence-corrected chi connectivity index (χ2v) is 6.92. The van der Waals surface area contributed by atoms with E-state index in [1.165, 1.54) is 44.9 Å². The molecule has 2 bridgehead atoms. The van der Waals surface area contributed by atoms with E-state index in [1.54, 1.807) is 5.57 Å². The summed E-state index contributed by atoms with van der Waals surface area (Å²) < 4.78 is 4.56. The number of hydrogen-bond acceptors (Lipinski definition) is 3. The van der Waals surface area contributed by atoms with Gasteiger partial charge in [-0.15, -0.1) is 0 Å². The summed E-state index contributed by atoms with van der Waals surface area (Å²) in [6.45, 7) is 2.26. The summed E-state index contributed by atoms with van der Waals surface area (Å²) in [5, 5.41) is 0. The van der Waals surface area contributed by atoms with E-state index >= 15 is 0 Å². The summed E-state index contributed by atoms with van der Waals surface area (Å²) in [5.74, 6) is -0.0719. The van der Waals surface area contributed by atoms with Crippen molar-refractivity contribution in [3.63, 3.8) is 0 Å². The molecule has 0 amide bonds. The average molecular weight is 302 g/mol. The fourth-order valence-corrected chi connectivity index (χ4v) is 3.85. The maximum absolute atomic E-state index is 11.2. The average Bonchev–Trinajstić information content (AvgIpc) is 2.96. The van der Waals surface area contributed by atoms with E-state index < -0.39 is 0 Å². The first-order valence-corrected chi connectivity index (χ1v) is 8.89. The number of ether oxygens (including phenoxy) is 1. The van der Waals surface area contributed by atoms with Crippen molar-refractivity contribution in [3.8, 4) is 0 Å². The third-order valence-corrected chi connectivity index (χ3v) is 5.19. The molecule has 4 rings (SSSR count). The van der Waals surface area contributed by atoms with Crippen LogP contribution in [0.1, 0.15) is 71.1 Å². The number of cyclic esters (lactones) is 2. The molecule has 2 unspecified atom stereocenters. The lowest BCUT2D eigenvalue weighted by atomic mass is 9.93. The smallest absolute Gasteiger partial charge is 0.342 e. The Labute approximate surface area is 132 Å². The largest absolute Gasteiger partial charge is 0.386 e. The lowest BCUT2D eigenvalue weighted by molar-refractivity contribution is -0.151. The number of rotatable bonds is 5. The standard InChI is InChI=1S/C10H18.C9H8O3/c1-2-3-4-5-6-7-10-8-9-10;10-8-6-4-1-2-5(3-4)7(6)9(11)12-8/h7H,2-6,8-9H2,1H3;4-5H,1-3H2. The highest BCUT2D eigenvalue weighted by Crippen LogP contribution is 2.51. The lowest BCUT2D eigenvalue weighted by Crippen LogP contribution is -2.08. The zero-order valence-electron chi connectivity index (χ0n) is 13.5. The number of esters is 2. The van der Waals surface area contributed by atoms with Crippen LogP contribution in [0.3, 0.4) is 0 Å². The minimum Gasteiger partial charge on any atom is -0.386 e. The van der Waals surface area contributed by atoms with E-state index in [2.05, 4.69) is 17.7 Å². The van der Waals surface area contributed by atoms with Crippen molar-refractivity contribution in [2.75, 3.05) is 0 Å². The number of allylic oxidation sites excluding steroid dienone is 2. The topological polar surface area (TPSA) is 43.4 Å². The van der Waals surface area contributed by atoms with Crippen LogP contribution in [-0.2, 0) is 14.3 Å². The van der Waals surface area contributed by atoms with E-state index in [4.69, 9.17) is 0 Å². The van der Waals surface area contributed by atoms with Crippen molar-refractivity contribution in [1.29, 1.82) is 0 Å². The Hall–Kier alpha value is -1.38. The van der Waals surface area contributed by atoms with E-state index in [1.807, 2.05) is 0 Å². The predicted molar refractivity (Wildman–Crippen MR) is 85.0 cm³/mol. The molecular formula is C19H26O3. The van der Waals surface area contributed by atoms with Crippen LogP contribution < -0.4 is 0 Å². The van der Waals surface area contributed by atoms with Gasteiger partial charge < -0.3 is 4.74 Å². The first-order chi connectivity index (χ1) is 10.7. The molecule has 0 radical (unpaired) electrons. The molecular weight excluding hydrogens is 276 g/mol. The molecule has 3 heteroatoms.